The maximum Gasteiger partial charge on any atom is 0.227 e. The van der Waals surface area contributed by atoms with Gasteiger partial charge in [0, 0.05) is 6.07 Å². The molecule has 0 bridgehead atoms. The third kappa shape index (κ3) is 4.85. The minimum absolute atomic E-state index is 0.0217. The number of nitrogens with zero attached hydrogens (tertiary/aromatic N) is 1. The molecule has 5 nitrogen and oxygen atoms in total. The van der Waals surface area contributed by atoms with Crippen LogP contribution < -0.4 is 10.1 Å². The fourth-order valence-corrected chi connectivity index (χ4v) is 1.62. The van der Waals surface area contributed by atoms with E-state index in [9.17, 15) is 9.18 Å². The van der Waals surface area contributed by atoms with Gasteiger partial charge < -0.3 is 15.2 Å². The minimum atomic E-state index is -0.695. The monoisotopic (exact) mass is 290 g/mol. The fourth-order valence-electron chi connectivity index (χ4n) is 1.62. The van der Waals surface area contributed by atoms with Gasteiger partial charge in [-0.2, -0.15) is 0 Å². The Labute approximate surface area is 121 Å². The molecule has 1 aromatic carbocycles. The van der Waals surface area contributed by atoms with Crippen molar-refractivity contribution >= 4 is 11.6 Å². The number of hydrogen-bond donors (Lipinski definition) is 2. The zero-order chi connectivity index (χ0) is 15.2. The highest BCUT2D eigenvalue weighted by Gasteiger charge is 2.07. The van der Waals surface area contributed by atoms with Crippen molar-refractivity contribution in [2.45, 2.75) is 19.4 Å². The number of carbonyl (C=O) groups excluding carboxylic acids is 1. The van der Waals surface area contributed by atoms with E-state index in [-0.39, 0.29) is 18.1 Å². The van der Waals surface area contributed by atoms with Crippen LogP contribution in [0.3, 0.4) is 0 Å². The van der Waals surface area contributed by atoms with Crippen molar-refractivity contribution in [2.75, 3.05) is 5.32 Å². The molecule has 6 heteroatoms. The lowest BCUT2D eigenvalue weighted by Crippen LogP contribution is -2.17. The summed E-state index contributed by atoms with van der Waals surface area (Å²) in [6.45, 7) is 1.54. The van der Waals surface area contributed by atoms with E-state index in [1.807, 2.05) is 0 Å². The first-order valence-electron chi connectivity index (χ1n) is 6.40. The van der Waals surface area contributed by atoms with Gasteiger partial charge in [0.1, 0.15) is 11.6 Å². The number of carbonyl (C=O) groups is 1. The molecule has 0 aliphatic rings. The van der Waals surface area contributed by atoms with Crippen LogP contribution in [0.15, 0.2) is 42.6 Å². The number of aliphatic hydroxyl groups excluding tert-OH is 1. The molecule has 2 aromatic rings. The van der Waals surface area contributed by atoms with E-state index in [1.54, 1.807) is 12.1 Å². The van der Waals surface area contributed by atoms with Gasteiger partial charge in [-0.3, -0.25) is 4.79 Å². The summed E-state index contributed by atoms with van der Waals surface area (Å²) in [7, 11) is 0. The van der Waals surface area contributed by atoms with Gasteiger partial charge in [-0.1, -0.05) is 0 Å². The summed E-state index contributed by atoms with van der Waals surface area (Å²) in [4.78, 5) is 15.5. The smallest absolute Gasteiger partial charge is 0.227 e. The van der Waals surface area contributed by atoms with E-state index >= 15 is 0 Å². The van der Waals surface area contributed by atoms with Gasteiger partial charge in [0.05, 0.1) is 24.4 Å². The SMILES string of the molecule is CC(O)CC(=O)Nc1ccc(Oc2ccc(F)cc2)nc1. The van der Waals surface area contributed by atoms with Gasteiger partial charge in [0.25, 0.3) is 0 Å². The standard InChI is InChI=1S/C15H15FN2O3/c1-10(19)8-14(20)18-12-4-7-15(17-9-12)21-13-5-2-11(16)3-6-13/h2-7,9-10,19H,8H2,1H3,(H,18,20). The molecule has 1 amide bonds. The van der Waals surface area contributed by atoms with Crippen LogP contribution in [0.5, 0.6) is 11.6 Å². The Kier molecular flexibility index (Phi) is 4.84. The first-order chi connectivity index (χ1) is 10.0. The van der Waals surface area contributed by atoms with Crippen molar-refractivity contribution in [3.05, 3.63) is 48.4 Å². The molecule has 21 heavy (non-hydrogen) atoms. The van der Waals surface area contributed by atoms with Crippen molar-refractivity contribution in [2.24, 2.45) is 0 Å². The summed E-state index contributed by atoms with van der Waals surface area (Å²) in [5, 5.41) is 11.7. The lowest BCUT2D eigenvalue weighted by molar-refractivity contribution is -0.117. The number of amides is 1. The van der Waals surface area contributed by atoms with Gasteiger partial charge in [-0.25, -0.2) is 9.37 Å². The number of benzene rings is 1. The number of aromatic nitrogens is 1. The summed E-state index contributed by atoms with van der Waals surface area (Å²) in [6.07, 6.45) is 0.770. The summed E-state index contributed by atoms with van der Waals surface area (Å²) in [5.74, 6) is 0.162. The van der Waals surface area contributed by atoms with E-state index in [0.717, 1.165) is 0 Å². The van der Waals surface area contributed by atoms with E-state index < -0.39 is 6.10 Å². The average molecular weight is 290 g/mol. The highest BCUT2D eigenvalue weighted by Crippen LogP contribution is 2.20. The van der Waals surface area contributed by atoms with Gasteiger partial charge in [-0.15, -0.1) is 0 Å². The molecule has 0 aliphatic heterocycles. The number of nitrogens with one attached hydrogen (secondary N) is 1. The Hall–Kier alpha value is -2.47. The number of pyridine rings is 1. The number of aliphatic hydroxyl groups is 1. The lowest BCUT2D eigenvalue weighted by Gasteiger charge is -2.08. The average Bonchev–Trinajstić information content (AvgIpc) is 2.42. The van der Waals surface area contributed by atoms with E-state index in [1.165, 1.54) is 37.4 Å². The van der Waals surface area contributed by atoms with Crippen molar-refractivity contribution in [3.8, 4) is 11.6 Å². The predicted octanol–water partition coefficient (Wildman–Crippen LogP) is 2.72. The topological polar surface area (TPSA) is 71.5 Å². The molecule has 0 saturated heterocycles. The van der Waals surface area contributed by atoms with Gasteiger partial charge in [0.2, 0.25) is 11.8 Å². The number of anilines is 1. The van der Waals surface area contributed by atoms with Crippen LogP contribution in [-0.2, 0) is 4.79 Å². The second kappa shape index (κ2) is 6.81. The fraction of sp³-hybridized carbons (Fsp3) is 0.200. The Morgan fingerprint density at radius 3 is 2.62 bits per heavy atom. The van der Waals surface area contributed by atoms with E-state index in [2.05, 4.69) is 10.3 Å². The molecule has 0 radical (unpaired) electrons. The summed E-state index contributed by atoms with van der Waals surface area (Å²) >= 11 is 0. The molecule has 1 atom stereocenters. The van der Waals surface area contributed by atoms with Gasteiger partial charge in [0.15, 0.2) is 0 Å². The third-order valence-electron chi connectivity index (χ3n) is 2.54. The van der Waals surface area contributed by atoms with Crippen molar-refractivity contribution in [1.82, 2.24) is 4.98 Å². The molecule has 2 rings (SSSR count). The summed E-state index contributed by atoms with van der Waals surface area (Å²) in [6, 6.07) is 8.79. The zero-order valence-corrected chi connectivity index (χ0v) is 11.4. The van der Waals surface area contributed by atoms with Crippen LogP contribution in [-0.4, -0.2) is 22.1 Å². The molecular formula is C15H15FN2O3. The van der Waals surface area contributed by atoms with Crippen LogP contribution in [0, 0.1) is 5.82 Å². The Morgan fingerprint density at radius 2 is 2.05 bits per heavy atom. The number of halogens is 1. The number of ether oxygens (including phenoxy) is 1. The molecular weight excluding hydrogens is 275 g/mol. The zero-order valence-electron chi connectivity index (χ0n) is 11.4. The second-order valence-electron chi connectivity index (χ2n) is 4.54. The number of rotatable bonds is 5. The lowest BCUT2D eigenvalue weighted by atomic mass is 10.2. The largest absolute Gasteiger partial charge is 0.439 e. The molecule has 0 aliphatic carbocycles. The van der Waals surface area contributed by atoms with Crippen molar-refractivity contribution in [1.29, 1.82) is 0 Å². The van der Waals surface area contributed by atoms with Crippen LogP contribution in [0.2, 0.25) is 0 Å². The normalized spacial score (nSPS) is 11.8. The molecule has 2 N–H and O–H groups in total. The third-order valence-corrected chi connectivity index (χ3v) is 2.54. The Bertz CT molecular complexity index is 597. The first-order valence-corrected chi connectivity index (χ1v) is 6.40. The van der Waals surface area contributed by atoms with Crippen LogP contribution in [0.1, 0.15) is 13.3 Å². The maximum atomic E-state index is 12.8. The minimum Gasteiger partial charge on any atom is -0.439 e. The highest BCUT2D eigenvalue weighted by molar-refractivity contribution is 5.90. The maximum absolute atomic E-state index is 12.8. The van der Waals surface area contributed by atoms with E-state index in [4.69, 9.17) is 9.84 Å². The highest BCUT2D eigenvalue weighted by atomic mass is 19.1. The van der Waals surface area contributed by atoms with Gasteiger partial charge >= 0.3 is 0 Å². The molecule has 110 valence electrons. The van der Waals surface area contributed by atoms with E-state index in [0.29, 0.717) is 17.3 Å². The van der Waals surface area contributed by atoms with Crippen LogP contribution in [0.25, 0.3) is 0 Å². The van der Waals surface area contributed by atoms with Crippen LogP contribution >= 0.6 is 0 Å². The van der Waals surface area contributed by atoms with Crippen LogP contribution in [0.4, 0.5) is 10.1 Å². The molecule has 0 fully saturated rings. The molecule has 0 saturated carbocycles. The van der Waals surface area contributed by atoms with Gasteiger partial charge in [-0.05, 0) is 37.3 Å². The molecule has 1 aromatic heterocycles. The Morgan fingerprint density at radius 1 is 1.33 bits per heavy atom. The molecule has 1 unspecified atom stereocenters. The Balaban J connectivity index is 1.95. The quantitative estimate of drug-likeness (QED) is 0.888. The summed E-state index contributed by atoms with van der Waals surface area (Å²) < 4.78 is 18.2. The second-order valence-corrected chi connectivity index (χ2v) is 4.54. The van der Waals surface area contributed by atoms with Crippen molar-refractivity contribution < 1.29 is 19.0 Å². The predicted molar refractivity (Wildman–Crippen MR) is 75.6 cm³/mol. The first kappa shape index (κ1) is 14.9. The number of hydrogen-bond acceptors (Lipinski definition) is 4. The summed E-state index contributed by atoms with van der Waals surface area (Å²) in [5.41, 5.74) is 0.507. The van der Waals surface area contributed by atoms with Crippen molar-refractivity contribution in [3.63, 3.8) is 0 Å². The molecule has 0 spiro atoms. The molecule has 1 heterocycles.